The third-order valence-corrected chi connectivity index (χ3v) is 7.11. The number of unbranched alkanes of at least 4 members (excludes halogenated alkanes) is 11. The highest BCUT2D eigenvalue weighted by Crippen LogP contribution is 2.51. The minimum atomic E-state index is 0.623. The molecule has 0 heterocycles. The second-order valence-electron chi connectivity index (χ2n) is 11.0. The molecule has 1 radical (unpaired) electrons. The van der Waals surface area contributed by atoms with Crippen LogP contribution in [0.1, 0.15) is 150 Å². The van der Waals surface area contributed by atoms with E-state index in [1.165, 1.54) is 116 Å². The molecule has 0 amide bonds. The summed E-state index contributed by atoms with van der Waals surface area (Å²) in [5.41, 5.74) is 0.623. The molecule has 0 bridgehead atoms. The summed E-state index contributed by atoms with van der Waals surface area (Å²) >= 11 is 0. The van der Waals surface area contributed by atoms with Crippen LogP contribution in [0.25, 0.3) is 0 Å². The van der Waals surface area contributed by atoms with Crippen molar-refractivity contribution in [2.75, 3.05) is 0 Å². The first-order valence-corrected chi connectivity index (χ1v) is 13.3. The highest BCUT2D eigenvalue weighted by Gasteiger charge is 2.40. The molecule has 1 unspecified atom stereocenters. The number of hydrogen-bond donors (Lipinski definition) is 0. The molecule has 0 aromatic carbocycles. The standard InChI is InChI=1S/C28H55/c1-6-7-8-9-10-11-12-13-14-15-16-17-20-27-21-18-19-22-28(27,23-25(2)3)24-26(4)5/h21,25-27H,6-20,22-24H2,1-5H3. The monoisotopic (exact) mass is 391 g/mol. The molecule has 1 aliphatic carbocycles. The van der Waals surface area contributed by atoms with Crippen molar-refractivity contribution in [2.24, 2.45) is 23.2 Å². The first-order valence-electron chi connectivity index (χ1n) is 13.3. The van der Waals surface area contributed by atoms with Crippen molar-refractivity contribution < 1.29 is 0 Å². The summed E-state index contributed by atoms with van der Waals surface area (Å²) in [6.45, 7) is 12.1. The third-order valence-electron chi connectivity index (χ3n) is 7.11. The molecule has 0 nitrogen and oxygen atoms in total. The van der Waals surface area contributed by atoms with Crippen LogP contribution in [0.4, 0.5) is 0 Å². The van der Waals surface area contributed by atoms with Crippen molar-refractivity contribution in [3.63, 3.8) is 0 Å². The molecule has 1 aliphatic rings. The second kappa shape index (κ2) is 15.8. The molecule has 1 fully saturated rings. The minimum absolute atomic E-state index is 0.623. The van der Waals surface area contributed by atoms with Gasteiger partial charge in [0.2, 0.25) is 0 Å². The summed E-state index contributed by atoms with van der Waals surface area (Å²) in [5, 5.41) is 0. The molecular weight excluding hydrogens is 336 g/mol. The Labute approximate surface area is 180 Å². The van der Waals surface area contributed by atoms with E-state index < -0.39 is 0 Å². The van der Waals surface area contributed by atoms with E-state index in [0.29, 0.717) is 5.41 Å². The van der Waals surface area contributed by atoms with Gasteiger partial charge in [-0.15, -0.1) is 0 Å². The summed E-state index contributed by atoms with van der Waals surface area (Å²) in [6, 6.07) is 0. The van der Waals surface area contributed by atoms with Gasteiger partial charge in [0.05, 0.1) is 0 Å². The molecule has 0 aromatic rings. The topological polar surface area (TPSA) is 0 Å². The Morgan fingerprint density at radius 1 is 0.714 bits per heavy atom. The zero-order valence-electron chi connectivity index (χ0n) is 20.5. The smallest absolute Gasteiger partial charge is 0.0262 e. The predicted octanol–water partition coefficient (Wildman–Crippen LogP) is 10.2. The fourth-order valence-corrected chi connectivity index (χ4v) is 6.05. The zero-order chi connectivity index (χ0) is 20.7. The summed E-state index contributed by atoms with van der Waals surface area (Å²) in [4.78, 5) is 0. The van der Waals surface area contributed by atoms with Gasteiger partial charge in [0.1, 0.15) is 0 Å². The number of rotatable bonds is 17. The van der Waals surface area contributed by atoms with Crippen molar-refractivity contribution in [1.29, 1.82) is 0 Å². The van der Waals surface area contributed by atoms with E-state index in [9.17, 15) is 0 Å². The van der Waals surface area contributed by atoms with E-state index in [0.717, 1.165) is 17.8 Å². The fourth-order valence-electron chi connectivity index (χ4n) is 6.05. The average Bonchev–Trinajstić information content (AvgIpc) is 2.63. The first kappa shape index (κ1) is 26.0. The molecule has 1 atom stereocenters. The Morgan fingerprint density at radius 2 is 1.18 bits per heavy atom. The lowest BCUT2D eigenvalue weighted by Gasteiger charge is -2.47. The van der Waals surface area contributed by atoms with Gasteiger partial charge in [0.15, 0.2) is 0 Å². The van der Waals surface area contributed by atoms with Crippen molar-refractivity contribution in [2.45, 2.75) is 150 Å². The summed E-state index contributed by atoms with van der Waals surface area (Å²) < 4.78 is 0. The Hall–Kier alpha value is 0. The largest absolute Gasteiger partial charge is 0.0654 e. The lowest BCUT2D eigenvalue weighted by Crippen LogP contribution is -2.37. The predicted molar refractivity (Wildman–Crippen MR) is 129 cm³/mol. The van der Waals surface area contributed by atoms with Gasteiger partial charge in [-0.2, -0.15) is 0 Å². The highest BCUT2D eigenvalue weighted by atomic mass is 14.5. The summed E-state index contributed by atoms with van der Waals surface area (Å²) in [6.07, 6.45) is 29.0. The van der Waals surface area contributed by atoms with Crippen LogP contribution < -0.4 is 0 Å². The first-order chi connectivity index (χ1) is 13.5. The Bertz CT molecular complexity index is 330. The molecule has 1 rings (SSSR count). The van der Waals surface area contributed by atoms with Crippen LogP contribution in [-0.4, -0.2) is 0 Å². The molecular formula is C28H55. The normalized spacial score (nSPS) is 19.6. The maximum Gasteiger partial charge on any atom is -0.0262 e. The molecule has 0 spiro atoms. The lowest BCUT2D eigenvalue weighted by molar-refractivity contribution is 0.0664. The molecule has 28 heavy (non-hydrogen) atoms. The maximum absolute atomic E-state index is 2.74. The van der Waals surface area contributed by atoms with Gasteiger partial charge in [0.25, 0.3) is 0 Å². The van der Waals surface area contributed by atoms with Gasteiger partial charge in [-0.25, -0.2) is 0 Å². The third kappa shape index (κ3) is 11.3. The fraction of sp³-hybridized carbons (Fsp3) is 0.964. The Kier molecular flexibility index (Phi) is 14.7. The van der Waals surface area contributed by atoms with Crippen LogP contribution in [0.2, 0.25) is 0 Å². The minimum Gasteiger partial charge on any atom is -0.0654 e. The number of hydrogen-bond acceptors (Lipinski definition) is 0. The van der Waals surface area contributed by atoms with Crippen molar-refractivity contribution in [3.05, 3.63) is 6.42 Å². The van der Waals surface area contributed by atoms with Crippen molar-refractivity contribution in [3.8, 4) is 0 Å². The Balaban J connectivity index is 2.19. The SMILES string of the molecule is CCCCCCCCCCCCCCC1[CH]CCCC1(CC(C)C)CC(C)C. The Morgan fingerprint density at radius 3 is 1.64 bits per heavy atom. The van der Waals surface area contributed by atoms with Gasteiger partial charge in [-0.1, -0.05) is 118 Å². The van der Waals surface area contributed by atoms with Gasteiger partial charge in [-0.3, -0.25) is 0 Å². The van der Waals surface area contributed by atoms with E-state index >= 15 is 0 Å². The lowest BCUT2D eigenvalue weighted by atomic mass is 9.58. The quantitative estimate of drug-likeness (QED) is 0.216. The molecule has 167 valence electrons. The van der Waals surface area contributed by atoms with Crippen LogP contribution in [0.15, 0.2) is 0 Å². The van der Waals surface area contributed by atoms with E-state index in [1.54, 1.807) is 0 Å². The molecule has 0 aliphatic heterocycles. The van der Waals surface area contributed by atoms with Crippen LogP contribution in [0.5, 0.6) is 0 Å². The average molecular weight is 392 g/mol. The van der Waals surface area contributed by atoms with Crippen LogP contribution in [-0.2, 0) is 0 Å². The highest BCUT2D eigenvalue weighted by molar-refractivity contribution is 4.98. The van der Waals surface area contributed by atoms with Crippen molar-refractivity contribution >= 4 is 0 Å². The van der Waals surface area contributed by atoms with Gasteiger partial charge in [-0.05, 0) is 61.7 Å². The summed E-state index contributed by atoms with van der Waals surface area (Å²) in [5.74, 6) is 2.58. The summed E-state index contributed by atoms with van der Waals surface area (Å²) in [7, 11) is 0. The van der Waals surface area contributed by atoms with E-state index in [2.05, 4.69) is 41.0 Å². The maximum atomic E-state index is 2.74. The molecule has 0 N–H and O–H groups in total. The molecule has 1 saturated carbocycles. The van der Waals surface area contributed by atoms with Crippen molar-refractivity contribution in [1.82, 2.24) is 0 Å². The zero-order valence-corrected chi connectivity index (χ0v) is 20.5. The van der Waals surface area contributed by atoms with Crippen LogP contribution >= 0.6 is 0 Å². The molecule has 0 heteroatoms. The van der Waals surface area contributed by atoms with Crippen LogP contribution in [0, 0.1) is 29.6 Å². The molecule has 0 aromatic heterocycles. The molecule has 0 saturated heterocycles. The van der Waals surface area contributed by atoms with Crippen LogP contribution in [0.3, 0.4) is 0 Å². The van der Waals surface area contributed by atoms with Gasteiger partial charge < -0.3 is 0 Å². The second-order valence-corrected chi connectivity index (χ2v) is 11.0. The van der Waals surface area contributed by atoms with E-state index in [1.807, 2.05) is 0 Å². The van der Waals surface area contributed by atoms with E-state index in [-0.39, 0.29) is 0 Å². The van der Waals surface area contributed by atoms with Gasteiger partial charge >= 0.3 is 0 Å². The van der Waals surface area contributed by atoms with E-state index in [4.69, 9.17) is 0 Å². The van der Waals surface area contributed by atoms with Gasteiger partial charge in [0, 0.05) is 0 Å².